The Hall–Kier alpha value is 0.270. The number of nitrogens with zero attached hydrogens (tertiary/aromatic N) is 1. The van der Waals surface area contributed by atoms with Gasteiger partial charge in [0.1, 0.15) is 0 Å². The molecule has 2 fully saturated rings. The number of piperazine rings is 1. The first-order chi connectivity index (χ1) is 6.81. The van der Waals surface area contributed by atoms with Crippen molar-refractivity contribution in [1.29, 1.82) is 0 Å². The van der Waals surface area contributed by atoms with E-state index in [2.05, 4.69) is 23.4 Å². The van der Waals surface area contributed by atoms with E-state index < -0.39 is 0 Å². The lowest BCUT2D eigenvalue weighted by molar-refractivity contribution is 0.155. The minimum atomic E-state index is 0.758. The molecule has 2 nitrogen and oxygen atoms in total. The Balaban J connectivity index is 1.80. The van der Waals surface area contributed by atoms with E-state index in [1.807, 2.05) is 11.8 Å². The van der Waals surface area contributed by atoms with E-state index in [4.69, 9.17) is 0 Å². The third-order valence-electron chi connectivity index (χ3n) is 3.46. The molecule has 1 aliphatic carbocycles. The van der Waals surface area contributed by atoms with Crippen molar-refractivity contribution in [1.82, 2.24) is 10.2 Å². The molecule has 1 saturated heterocycles. The number of hydrogen-bond acceptors (Lipinski definition) is 3. The minimum Gasteiger partial charge on any atom is -0.311 e. The molecule has 2 aliphatic rings. The maximum atomic E-state index is 3.66. The summed E-state index contributed by atoms with van der Waals surface area (Å²) in [5.41, 5.74) is 0. The zero-order valence-corrected chi connectivity index (χ0v) is 10.1. The maximum absolute atomic E-state index is 3.66. The first-order valence-electron chi connectivity index (χ1n) is 5.77. The summed E-state index contributed by atoms with van der Waals surface area (Å²) in [6.45, 7) is 6.09. The molecule has 0 bridgehead atoms. The van der Waals surface area contributed by atoms with Gasteiger partial charge in [-0.15, -0.1) is 0 Å². The summed E-state index contributed by atoms with van der Waals surface area (Å²) in [6.07, 6.45) is 5.13. The molecule has 0 amide bonds. The molecule has 3 heteroatoms. The summed E-state index contributed by atoms with van der Waals surface area (Å²) in [4.78, 5) is 2.66. The average molecular weight is 214 g/mol. The van der Waals surface area contributed by atoms with Gasteiger partial charge in [0.05, 0.1) is 0 Å². The number of nitrogens with one attached hydrogen (secondary N) is 1. The quantitative estimate of drug-likeness (QED) is 0.762. The lowest BCUT2D eigenvalue weighted by atomic mass is 10.1. The van der Waals surface area contributed by atoms with Gasteiger partial charge >= 0.3 is 0 Å². The third-order valence-corrected chi connectivity index (χ3v) is 4.27. The van der Waals surface area contributed by atoms with Crippen molar-refractivity contribution in [3.8, 4) is 0 Å². The molecular formula is C11H22N2S. The molecule has 0 radical (unpaired) electrons. The fourth-order valence-electron chi connectivity index (χ4n) is 2.36. The standard InChI is InChI=1S/C11H22N2S/c1-9(8-14-2)13-6-5-12-11(7-13)10-3-4-10/h9-12H,3-8H2,1-2H3. The Labute approximate surface area is 91.8 Å². The van der Waals surface area contributed by atoms with Gasteiger partial charge < -0.3 is 5.32 Å². The van der Waals surface area contributed by atoms with Crippen molar-refractivity contribution in [3.05, 3.63) is 0 Å². The molecule has 1 aliphatic heterocycles. The van der Waals surface area contributed by atoms with E-state index in [0.29, 0.717) is 0 Å². The van der Waals surface area contributed by atoms with Gasteiger partial charge in [0.15, 0.2) is 0 Å². The molecule has 0 spiro atoms. The Kier molecular flexibility index (Phi) is 3.74. The van der Waals surface area contributed by atoms with Crippen LogP contribution >= 0.6 is 11.8 Å². The van der Waals surface area contributed by atoms with Crippen LogP contribution in [0.3, 0.4) is 0 Å². The number of thioether (sulfide) groups is 1. The molecule has 14 heavy (non-hydrogen) atoms. The predicted octanol–water partition coefficient (Wildman–Crippen LogP) is 1.42. The largest absolute Gasteiger partial charge is 0.311 e. The van der Waals surface area contributed by atoms with Crippen LogP contribution in [0.4, 0.5) is 0 Å². The summed E-state index contributed by atoms with van der Waals surface area (Å²) in [5.74, 6) is 2.27. The van der Waals surface area contributed by atoms with E-state index in [0.717, 1.165) is 18.0 Å². The molecule has 1 saturated carbocycles. The SMILES string of the molecule is CSCC(C)N1CCNC(C2CC2)C1. The molecule has 2 unspecified atom stereocenters. The fraction of sp³-hybridized carbons (Fsp3) is 1.00. The highest BCUT2D eigenvalue weighted by molar-refractivity contribution is 7.98. The summed E-state index contributed by atoms with van der Waals surface area (Å²) >= 11 is 1.97. The zero-order chi connectivity index (χ0) is 9.97. The molecule has 2 atom stereocenters. The van der Waals surface area contributed by atoms with Gasteiger partial charge in [-0.1, -0.05) is 0 Å². The first-order valence-corrected chi connectivity index (χ1v) is 7.17. The summed E-state index contributed by atoms with van der Waals surface area (Å²) in [7, 11) is 0. The highest BCUT2D eigenvalue weighted by Crippen LogP contribution is 2.33. The molecule has 0 aromatic heterocycles. The van der Waals surface area contributed by atoms with Crippen molar-refractivity contribution < 1.29 is 0 Å². The topological polar surface area (TPSA) is 15.3 Å². The average Bonchev–Trinajstić information content (AvgIpc) is 3.02. The van der Waals surface area contributed by atoms with Gasteiger partial charge in [0, 0.05) is 37.5 Å². The first kappa shape index (κ1) is 10.8. The van der Waals surface area contributed by atoms with E-state index in [1.54, 1.807) is 0 Å². The summed E-state index contributed by atoms with van der Waals surface area (Å²) in [6, 6.07) is 1.56. The van der Waals surface area contributed by atoms with Gasteiger partial charge in [-0.3, -0.25) is 4.90 Å². The van der Waals surface area contributed by atoms with Gasteiger partial charge in [-0.25, -0.2) is 0 Å². The Morgan fingerprint density at radius 2 is 2.29 bits per heavy atom. The second-order valence-electron chi connectivity index (χ2n) is 4.70. The van der Waals surface area contributed by atoms with E-state index in [1.165, 1.54) is 38.2 Å². The van der Waals surface area contributed by atoms with Gasteiger partial charge in [0.25, 0.3) is 0 Å². The number of hydrogen-bond donors (Lipinski definition) is 1. The normalized spacial score (nSPS) is 31.7. The lowest BCUT2D eigenvalue weighted by Crippen LogP contribution is -2.54. The Morgan fingerprint density at radius 1 is 1.50 bits per heavy atom. The minimum absolute atomic E-state index is 0.758. The highest BCUT2D eigenvalue weighted by atomic mass is 32.2. The van der Waals surface area contributed by atoms with E-state index >= 15 is 0 Å². The molecule has 82 valence electrons. The zero-order valence-electron chi connectivity index (χ0n) is 9.33. The van der Waals surface area contributed by atoms with Gasteiger partial charge in [-0.05, 0) is 31.9 Å². The molecule has 1 heterocycles. The molecule has 0 aromatic rings. The molecule has 1 N–H and O–H groups in total. The van der Waals surface area contributed by atoms with Crippen LogP contribution in [-0.4, -0.2) is 48.6 Å². The van der Waals surface area contributed by atoms with Crippen molar-refractivity contribution in [2.45, 2.75) is 31.8 Å². The Bertz CT molecular complexity index is 182. The van der Waals surface area contributed by atoms with Crippen molar-refractivity contribution >= 4 is 11.8 Å². The van der Waals surface area contributed by atoms with Gasteiger partial charge in [-0.2, -0.15) is 11.8 Å². The third kappa shape index (κ3) is 2.65. The monoisotopic (exact) mass is 214 g/mol. The van der Waals surface area contributed by atoms with E-state index in [9.17, 15) is 0 Å². The van der Waals surface area contributed by atoms with Crippen LogP contribution in [0.1, 0.15) is 19.8 Å². The maximum Gasteiger partial charge on any atom is 0.0223 e. The molecular weight excluding hydrogens is 192 g/mol. The van der Waals surface area contributed by atoms with Crippen molar-refractivity contribution in [3.63, 3.8) is 0 Å². The predicted molar refractivity (Wildman–Crippen MR) is 63.9 cm³/mol. The summed E-state index contributed by atoms with van der Waals surface area (Å²) < 4.78 is 0. The van der Waals surface area contributed by atoms with Crippen molar-refractivity contribution in [2.24, 2.45) is 5.92 Å². The second-order valence-corrected chi connectivity index (χ2v) is 5.61. The van der Waals surface area contributed by atoms with Crippen LogP contribution in [-0.2, 0) is 0 Å². The van der Waals surface area contributed by atoms with Gasteiger partial charge in [0.2, 0.25) is 0 Å². The van der Waals surface area contributed by atoms with Crippen LogP contribution in [0.5, 0.6) is 0 Å². The number of rotatable bonds is 4. The molecule has 0 aromatic carbocycles. The van der Waals surface area contributed by atoms with Crippen LogP contribution in [0.2, 0.25) is 0 Å². The summed E-state index contributed by atoms with van der Waals surface area (Å²) in [5, 5.41) is 3.66. The van der Waals surface area contributed by atoms with Crippen molar-refractivity contribution in [2.75, 3.05) is 31.6 Å². The fourth-order valence-corrected chi connectivity index (χ4v) is 3.06. The highest BCUT2D eigenvalue weighted by Gasteiger charge is 2.34. The molecule has 2 rings (SSSR count). The second kappa shape index (κ2) is 4.86. The van der Waals surface area contributed by atoms with Crippen LogP contribution in [0.25, 0.3) is 0 Å². The van der Waals surface area contributed by atoms with Crippen LogP contribution in [0, 0.1) is 5.92 Å². The Morgan fingerprint density at radius 3 is 2.93 bits per heavy atom. The lowest BCUT2D eigenvalue weighted by Gasteiger charge is -2.37. The van der Waals surface area contributed by atoms with Crippen LogP contribution in [0.15, 0.2) is 0 Å². The van der Waals surface area contributed by atoms with E-state index in [-0.39, 0.29) is 0 Å². The smallest absolute Gasteiger partial charge is 0.0223 e. The van der Waals surface area contributed by atoms with Crippen LogP contribution < -0.4 is 5.32 Å².